The van der Waals surface area contributed by atoms with E-state index in [0.717, 1.165) is 10.7 Å². The van der Waals surface area contributed by atoms with Gasteiger partial charge in [-0.05, 0) is 6.92 Å². The number of carbonyl (C=O) groups is 1. The van der Waals surface area contributed by atoms with Crippen molar-refractivity contribution in [3.05, 3.63) is 16.1 Å². The molecule has 2 heterocycles. The van der Waals surface area contributed by atoms with Crippen LogP contribution in [0, 0.1) is 6.92 Å². The van der Waals surface area contributed by atoms with E-state index in [4.69, 9.17) is 5.11 Å². The van der Waals surface area contributed by atoms with Crippen LogP contribution in [0.1, 0.15) is 17.1 Å². The number of carboxylic acid groups (broad SMARTS) is 1. The minimum absolute atomic E-state index is 0.0809. The molecule has 1 aliphatic rings. The molecule has 19 heavy (non-hydrogen) atoms. The number of aliphatic carboxylic acids is 1. The SMILES string of the molecule is Cc1nc(CN2CCS(=O)(=O)CC2CC(=O)O)cs1. The Kier molecular flexibility index (Phi) is 4.22. The van der Waals surface area contributed by atoms with E-state index < -0.39 is 21.8 Å². The average molecular weight is 304 g/mol. The Balaban J connectivity index is 2.10. The van der Waals surface area contributed by atoms with Crippen LogP contribution in [0.5, 0.6) is 0 Å². The van der Waals surface area contributed by atoms with Crippen molar-refractivity contribution in [3.63, 3.8) is 0 Å². The van der Waals surface area contributed by atoms with Crippen molar-refractivity contribution in [2.24, 2.45) is 0 Å². The zero-order chi connectivity index (χ0) is 14.0. The summed E-state index contributed by atoms with van der Waals surface area (Å²) >= 11 is 1.54. The zero-order valence-electron chi connectivity index (χ0n) is 10.6. The van der Waals surface area contributed by atoms with Gasteiger partial charge in [0, 0.05) is 24.5 Å². The molecule has 6 nitrogen and oxygen atoms in total. The number of rotatable bonds is 4. The Hall–Kier alpha value is -0.990. The van der Waals surface area contributed by atoms with Crippen molar-refractivity contribution in [1.82, 2.24) is 9.88 Å². The first kappa shape index (κ1) is 14.4. The molecule has 0 radical (unpaired) electrons. The number of nitrogens with zero attached hydrogens (tertiary/aromatic N) is 2. The number of hydrogen-bond donors (Lipinski definition) is 1. The summed E-state index contributed by atoms with van der Waals surface area (Å²) in [6, 6.07) is -0.460. The second-order valence-electron chi connectivity index (χ2n) is 4.69. The van der Waals surface area contributed by atoms with E-state index in [0.29, 0.717) is 13.1 Å². The van der Waals surface area contributed by atoms with E-state index in [-0.39, 0.29) is 17.9 Å². The summed E-state index contributed by atoms with van der Waals surface area (Å²) in [7, 11) is -3.12. The van der Waals surface area contributed by atoms with Gasteiger partial charge < -0.3 is 5.11 Å². The largest absolute Gasteiger partial charge is 0.481 e. The molecule has 0 aliphatic carbocycles. The first-order chi connectivity index (χ1) is 8.85. The third kappa shape index (κ3) is 3.99. The van der Waals surface area contributed by atoms with E-state index >= 15 is 0 Å². The molecule has 0 aromatic carbocycles. The van der Waals surface area contributed by atoms with Gasteiger partial charge in [-0.3, -0.25) is 9.69 Å². The number of aromatic nitrogens is 1. The molecule has 0 amide bonds. The van der Waals surface area contributed by atoms with Gasteiger partial charge in [0.1, 0.15) is 0 Å². The molecular weight excluding hydrogens is 288 g/mol. The van der Waals surface area contributed by atoms with Crippen LogP contribution in [-0.2, 0) is 21.2 Å². The van der Waals surface area contributed by atoms with Crippen LogP contribution < -0.4 is 0 Å². The Morgan fingerprint density at radius 1 is 1.63 bits per heavy atom. The third-order valence-electron chi connectivity index (χ3n) is 3.09. The fraction of sp³-hybridized carbons (Fsp3) is 0.636. The van der Waals surface area contributed by atoms with Gasteiger partial charge in [0.05, 0.1) is 28.6 Å². The number of carboxylic acids is 1. The van der Waals surface area contributed by atoms with E-state index in [1.807, 2.05) is 17.2 Å². The summed E-state index contributed by atoms with van der Waals surface area (Å²) in [5, 5.41) is 11.8. The van der Waals surface area contributed by atoms with Gasteiger partial charge >= 0.3 is 5.97 Å². The highest BCUT2D eigenvalue weighted by Crippen LogP contribution is 2.19. The first-order valence-electron chi connectivity index (χ1n) is 5.93. The molecule has 0 spiro atoms. The van der Waals surface area contributed by atoms with Crippen molar-refractivity contribution >= 4 is 27.1 Å². The maximum atomic E-state index is 11.6. The van der Waals surface area contributed by atoms with Crippen LogP contribution >= 0.6 is 11.3 Å². The fourth-order valence-electron chi connectivity index (χ4n) is 2.21. The van der Waals surface area contributed by atoms with Crippen LogP contribution in [0.25, 0.3) is 0 Å². The lowest BCUT2D eigenvalue weighted by Crippen LogP contribution is -2.48. The predicted molar refractivity (Wildman–Crippen MR) is 72.0 cm³/mol. The van der Waals surface area contributed by atoms with Gasteiger partial charge in [0.2, 0.25) is 0 Å². The maximum absolute atomic E-state index is 11.6. The van der Waals surface area contributed by atoms with Crippen molar-refractivity contribution in [3.8, 4) is 0 Å². The first-order valence-corrected chi connectivity index (χ1v) is 8.63. The van der Waals surface area contributed by atoms with Gasteiger partial charge in [-0.1, -0.05) is 0 Å². The van der Waals surface area contributed by atoms with Crippen molar-refractivity contribution in [1.29, 1.82) is 0 Å². The second-order valence-corrected chi connectivity index (χ2v) is 7.99. The molecule has 1 aromatic heterocycles. The average Bonchev–Trinajstić information content (AvgIpc) is 2.67. The third-order valence-corrected chi connectivity index (χ3v) is 5.61. The molecular formula is C11H16N2O4S2. The molecule has 0 bridgehead atoms. The minimum atomic E-state index is -3.12. The van der Waals surface area contributed by atoms with Gasteiger partial charge in [0.25, 0.3) is 0 Å². The highest BCUT2D eigenvalue weighted by atomic mass is 32.2. The Morgan fingerprint density at radius 2 is 2.37 bits per heavy atom. The summed E-state index contributed by atoms with van der Waals surface area (Å²) in [5.41, 5.74) is 0.872. The van der Waals surface area contributed by atoms with E-state index in [1.54, 1.807) is 0 Å². The molecule has 1 fully saturated rings. The normalized spacial score (nSPS) is 23.3. The van der Waals surface area contributed by atoms with Crippen LogP contribution in [0.15, 0.2) is 5.38 Å². The van der Waals surface area contributed by atoms with Gasteiger partial charge in [0.15, 0.2) is 9.84 Å². The maximum Gasteiger partial charge on any atom is 0.304 e. The predicted octanol–water partition coefficient (Wildman–Crippen LogP) is 0.525. The molecule has 1 atom stereocenters. The molecule has 0 saturated carbocycles. The highest BCUT2D eigenvalue weighted by molar-refractivity contribution is 7.91. The van der Waals surface area contributed by atoms with Gasteiger partial charge in [-0.2, -0.15) is 0 Å². The molecule has 2 rings (SSSR count). The molecule has 1 saturated heterocycles. The van der Waals surface area contributed by atoms with Crippen LogP contribution in [0.2, 0.25) is 0 Å². The fourth-order valence-corrected chi connectivity index (χ4v) is 4.41. The lowest BCUT2D eigenvalue weighted by Gasteiger charge is -2.34. The smallest absolute Gasteiger partial charge is 0.304 e. The molecule has 1 aromatic rings. The molecule has 1 unspecified atom stereocenters. The van der Waals surface area contributed by atoms with Crippen molar-refractivity contribution in [2.45, 2.75) is 25.9 Å². The molecule has 8 heteroatoms. The number of hydrogen-bond acceptors (Lipinski definition) is 6. The highest BCUT2D eigenvalue weighted by Gasteiger charge is 2.32. The zero-order valence-corrected chi connectivity index (χ0v) is 12.2. The van der Waals surface area contributed by atoms with E-state index in [9.17, 15) is 13.2 Å². The van der Waals surface area contributed by atoms with Crippen LogP contribution in [0.4, 0.5) is 0 Å². The Morgan fingerprint density at radius 3 is 2.95 bits per heavy atom. The van der Waals surface area contributed by atoms with Crippen molar-refractivity contribution < 1.29 is 18.3 Å². The monoisotopic (exact) mass is 304 g/mol. The number of aryl methyl sites for hydroxylation is 1. The van der Waals surface area contributed by atoms with E-state index in [1.165, 1.54) is 11.3 Å². The Bertz CT molecular complexity index is 567. The van der Waals surface area contributed by atoms with Crippen LogP contribution in [0.3, 0.4) is 0 Å². The summed E-state index contributed by atoms with van der Waals surface area (Å²) < 4.78 is 23.2. The topological polar surface area (TPSA) is 87.6 Å². The lowest BCUT2D eigenvalue weighted by atomic mass is 10.2. The van der Waals surface area contributed by atoms with Crippen LogP contribution in [-0.4, -0.2) is 53.5 Å². The molecule has 1 aliphatic heterocycles. The summed E-state index contributed by atoms with van der Waals surface area (Å²) in [4.78, 5) is 17.1. The minimum Gasteiger partial charge on any atom is -0.481 e. The lowest BCUT2D eigenvalue weighted by molar-refractivity contribution is -0.138. The number of sulfone groups is 1. The molecule has 106 valence electrons. The van der Waals surface area contributed by atoms with Gasteiger partial charge in [-0.25, -0.2) is 13.4 Å². The molecule has 1 N–H and O–H groups in total. The standard InChI is InChI=1S/C11H16N2O4S2/c1-8-12-9(6-18-8)5-13-2-3-19(16,17)7-10(13)4-11(14)15/h6,10H,2-5,7H2,1H3,(H,14,15). The summed E-state index contributed by atoms with van der Waals surface area (Å²) in [5.74, 6) is -0.962. The quantitative estimate of drug-likeness (QED) is 0.873. The second kappa shape index (κ2) is 5.56. The summed E-state index contributed by atoms with van der Waals surface area (Å²) in [6.45, 7) is 2.79. The van der Waals surface area contributed by atoms with Gasteiger partial charge in [-0.15, -0.1) is 11.3 Å². The summed E-state index contributed by atoms with van der Waals surface area (Å²) in [6.07, 6.45) is -0.150. The van der Waals surface area contributed by atoms with E-state index in [2.05, 4.69) is 4.98 Å². The number of thiazole rings is 1. The Labute approximate surface area is 116 Å². The van der Waals surface area contributed by atoms with Crippen molar-refractivity contribution in [2.75, 3.05) is 18.1 Å².